The molecular weight excluding hydrogens is 374 g/mol. The molecule has 21 heavy (non-hydrogen) atoms. The molecule has 4 nitrogen and oxygen atoms in total. The summed E-state index contributed by atoms with van der Waals surface area (Å²) in [5.74, 6) is 0.298. The number of ether oxygens (including phenoxy) is 1. The van der Waals surface area contributed by atoms with Gasteiger partial charge in [0.05, 0.1) is 7.11 Å². The molecule has 0 saturated carbocycles. The van der Waals surface area contributed by atoms with Crippen molar-refractivity contribution in [1.29, 1.82) is 0 Å². The number of hydrogen-bond acceptors (Lipinski definition) is 4. The molecular formula is C14H14BrNO3S2. The summed E-state index contributed by atoms with van der Waals surface area (Å²) in [5, 5.41) is 0. The van der Waals surface area contributed by atoms with Crippen molar-refractivity contribution in [1.82, 2.24) is 0 Å². The number of hydrogen-bond donors (Lipinski definition) is 1. The van der Waals surface area contributed by atoms with Crippen LogP contribution in [0.1, 0.15) is 0 Å². The summed E-state index contributed by atoms with van der Waals surface area (Å²) in [4.78, 5) is 1.16. The first kappa shape index (κ1) is 16.2. The maximum absolute atomic E-state index is 12.5. The molecule has 0 atom stereocenters. The van der Waals surface area contributed by atoms with Gasteiger partial charge < -0.3 is 4.74 Å². The lowest BCUT2D eigenvalue weighted by atomic mass is 10.3. The van der Waals surface area contributed by atoms with E-state index in [1.165, 1.54) is 13.2 Å². The van der Waals surface area contributed by atoms with E-state index in [0.717, 1.165) is 4.90 Å². The van der Waals surface area contributed by atoms with Gasteiger partial charge in [-0.2, -0.15) is 0 Å². The zero-order chi connectivity index (χ0) is 15.5. The molecule has 2 aromatic carbocycles. The number of sulfonamides is 1. The summed E-state index contributed by atoms with van der Waals surface area (Å²) < 4.78 is 33.3. The Morgan fingerprint density at radius 1 is 1.14 bits per heavy atom. The van der Waals surface area contributed by atoms with E-state index in [1.807, 2.05) is 18.4 Å². The summed E-state index contributed by atoms with van der Waals surface area (Å²) in [6.45, 7) is 0. The molecule has 112 valence electrons. The maximum Gasteiger partial charge on any atom is 0.265 e. The van der Waals surface area contributed by atoms with Crippen LogP contribution in [0.4, 0.5) is 5.69 Å². The molecule has 0 heterocycles. The highest BCUT2D eigenvalue weighted by Crippen LogP contribution is 2.29. The number of nitrogens with one attached hydrogen (secondary N) is 1. The topological polar surface area (TPSA) is 55.4 Å². The summed E-state index contributed by atoms with van der Waals surface area (Å²) in [7, 11) is -2.27. The molecule has 0 amide bonds. The van der Waals surface area contributed by atoms with Crippen LogP contribution in [-0.4, -0.2) is 21.8 Å². The van der Waals surface area contributed by atoms with Crippen molar-refractivity contribution in [3.63, 3.8) is 0 Å². The SMILES string of the molecule is COc1ccc(Br)cc1S(=O)(=O)Nc1ccc(SC)cc1. The van der Waals surface area contributed by atoms with E-state index < -0.39 is 10.0 Å². The van der Waals surface area contributed by atoms with Gasteiger partial charge in [0, 0.05) is 15.1 Å². The lowest BCUT2D eigenvalue weighted by Gasteiger charge is -2.12. The number of halogens is 1. The van der Waals surface area contributed by atoms with Gasteiger partial charge in [0.25, 0.3) is 10.0 Å². The Morgan fingerprint density at radius 3 is 2.38 bits per heavy atom. The minimum Gasteiger partial charge on any atom is -0.495 e. The first-order chi connectivity index (χ1) is 9.96. The third-order valence-corrected chi connectivity index (χ3v) is 5.40. The highest BCUT2D eigenvalue weighted by molar-refractivity contribution is 9.10. The molecule has 2 aromatic rings. The second-order valence-electron chi connectivity index (χ2n) is 4.13. The summed E-state index contributed by atoms with van der Waals surface area (Å²) in [5.41, 5.74) is 0.509. The molecule has 0 fully saturated rings. The van der Waals surface area contributed by atoms with Crippen LogP contribution in [0.5, 0.6) is 5.75 Å². The van der Waals surface area contributed by atoms with Crippen LogP contribution in [0, 0.1) is 0 Å². The minimum absolute atomic E-state index is 0.0910. The monoisotopic (exact) mass is 387 g/mol. The Kier molecular flexibility index (Phi) is 5.18. The van der Waals surface area contributed by atoms with Crippen molar-refractivity contribution in [2.24, 2.45) is 0 Å². The highest BCUT2D eigenvalue weighted by atomic mass is 79.9. The number of anilines is 1. The summed E-state index contributed by atoms with van der Waals surface area (Å²) in [6.07, 6.45) is 1.96. The molecule has 0 aromatic heterocycles. The lowest BCUT2D eigenvalue weighted by molar-refractivity contribution is 0.403. The van der Waals surface area contributed by atoms with Gasteiger partial charge in [0.2, 0.25) is 0 Å². The molecule has 1 N–H and O–H groups in total. The van der Waals surface area contributed by atoms with E-state index >= 15 is 0 Å². The van der Waals surface area contributed by atoms with Gasteiger partial charge >= 0.3 is 0 Å². The molecule has 0 radical (unpaired) electrons. The molecule has 0 bridgehead atoms. The van der Waals surface area contributed by atoms with Crippen LogP contribution >= 0.6 is 27.7 Å². The molecule has 0 unspecified atom stereocenters. The molecule has 0 aliphatic heterocycles. The Bertz CT molecular complexity index is 730. The highest BCUT2D eigenvalue weighted by Gasteiger charge is 2.20. The van der Waals surface area contributed by atoms with Crippen molar-refractivity contribution >= 4 is 43.4 Å². The van der Waals surface area contributed by atoms with Gasteiger partial charge in [0.1, 0.15) is 10.6 Å². The van der Waals surface area contributed by atoms with Crippen molar-refractivity contribution in [2.75, 3.05) is 18.1 Å². The van der Waals surface area contributed by atoms with Crippen LogP contribution in [0.25, 0.3) is 0 Å². The first-order valence-electron chi connectivity index (χ1n) is 5.96. The van der Waals surface area contributed by atoms with Gasteiger partial charge in [-0.25, -0.2) is 8.42 Å². The molecule has 2 rings (SSSR count). The third-order valence-electron chi connectivity index (χ3n) is 2.76. The van der Waals surface area contributed by atoms with Crippen LogP contribution < -0.4 is 9.46 Å². The van der Waals surface area contributed by atoms with Gasteiger partial charge in [0.15, 0.2) is 0 Å². The van der Waals surface area contributed by atoms with Crippen molar-refractivity contribution in [3.8, 4) is 5.75 Å². The van der Waals surface area contributed by atoms with Gasteiger partial charge in [-0.05, 0) is 48.7 Å². The molecule has 0 saturated heterocycles. The van der Waals surface area contributed by atoms with Crippen molar-refractivity contribution < 1.29 is 13.2 Å². The Hall–Kier alpha value is -1.18. The number of benzene rings is 2. The largest absolute Gasteiger partial charge is 0.495 e. The van der Waals surface area contributed by atoms with E-state index in [4.69, 9.17) is 4.74 Å². The van der Waals surface area contributed by atoms with E-state index in [2.05, 4.69) is 20.7 Å². The van der Waals surface area contributed by atoms with E-state index in [9.17, 15) is 8.42 Å². The van der Waals surface area contributed by atoms with Gasteiger partial charge in [-0.1, -0.05) is 15.9 Å². The zero-order valence-corrected chi connectivity index (χ0v) is 14.7. The quantitative estimate of drug-likeness (QED) is 0.788. The third kappa shape index (κ3) is 3.93. The molecule has 0 spiro atoms. The second kappa shape index (κ2) is 6.72. The predicted octanol–water partition coefficient (Wildman–Crippen LogP) is 3.98. The Labute approximate surface area is 137 Å². The van der Waals surface area contributed by atoms with Crippen LogP contribution in [0.15, 0.2) is 56.7 Å². The molecule has 0 aliphatic carbocycles. The average Bonchev–Trinajstić information content (AvgIpc) is 2.47. The van der Waals surface area contributed by atoms with E-state index in [0.29, 0.717) is 15.9 Å². The number of methoxy groups -OCH3 is 1. The first-order valence-corrected chi connectivity index (χ1v) is 9.47. The van der Waals surface area contributed by atoms with E-state index in [-0.39, 0.29) is 4.90 Å². The van der Waals surface area contributed by atoms with Gasteiger partial charge in [-0.3, -0.25) is 4.72 Å². The zero-order valence-electron chi connectivity index (χ0n) is 11.5. The van der Waals surface area contributed by atoms with E-state index in [1.54, 1.807) is 36.0 Å². The maximum atomic E-state index is 12.5. The minimum atomic E-state index is -3.71. The molecule has 0 aliphatic rings. The lowest BCUT2D eigenvalue weighted by Crippen LogP contribution is -2.14. The fourth-order valence-electron chi connectivity index (χ4n) is 1.73. The molecule has 7 heteroatoms. The Morgan fingerprint density at radius 2 is 1.81 bits per heavy atom. The predicted molar refractivity (Wildman–Crippen MR) is 89.7 cm³/mol. The summed E-state index contributed by atoms with van der Waals surface area (Å²) >= 11 is 4.87. The summed E-state index contributed by atoms with van der Waals surface area (Å²) in [6, 6.07) is 12.0. The fourth-order valence-corrected chi connectivity index (χ4v) is 3.91. The standard InChI is InChI=1S/C14H14BrNO3S2/c1-19-13-8-3-10(15)9-14(13)21(17,18)16-11-4-6-12(20-2)7-5-11/h3-9,16H,1-2H3. The Balaban J connectivity index is 2.35. The normalized spacial score (nSPS) is 11.2. The van der Waals surface area contributed by atoms with Crippen LogP contribution in [-0.2, 0) is 10.0 Å². The number of rotatable bonds is 5. The van der Waals surface area contributed by atoms with Crippen LogP contribution in [0.2, 0.25) is 0 Å². The van der Waals surface area contributed by atoms with Crippen LogP contribution in [0.3, 0.4) is 0 Å². The fraction of sp³-hybridized carbons (Fsp3) is 0.143. The van der Waals surface area contributed by atoms with Crippen molar-refractivity contribution in [3.05, 3.63) is 46.9 Å². The van der Waals surface area contributed by atoms with Gasteiger partial charge in [-0.15, -0.1) is 11.8 Å². The smallest absolute Gasteiger partial charge is 0.265 e. The average molecular weight is 388 g/mol. The second-order valence-corrected chi connectivity index (χ2v) is 7.58. The number of thioether (sulfide) groups is 1. The van der Waals surface area contributed by atoms with Crippen molar-refractivity contribution in [2.45, 2.75) is 9.79 Å².